The lowest BCUT2D eigenvalue weighted by Gasteiger charge is -2.20. The van der Waals surface area contributed by atoms with Crippen LogP contribution in [0.15, 0.2) is 42.5 Å². The molecule has 3 aromatic rings. The van der Waals surface area contributed by atoms with E-state index in [4.69, 9.17) is 9.72 Å². The van der Waals surface area contributed by atoms with Gasteiger partial charge in [0.25, 0.3) is 5.91 Å². The Kier molecular flexibility index (Phi) is 6.26. The van der Waals surface area contributed by atoms with Gasteiger partial charge >= 0.3 is 5.97 Å². The number of aryl methyl sites for hydroxylation is 1. The lowest BCUT2D eigenvalue weighted by Crippen LogP contribution is -2.23. The monoisotopic (exact) mass is 430 g/mol. The molecule has 5 nitrogen and oxygen atoms in total. The van der Waals surface area contributed by atoms with E-state index in [1.807, 2.05) is 42.5 Å². The van der Waals surface area contributed by atoms with Crippen LogP contribution in [0, 0.1) is 0 Å². The normalized spacial score (nSPS) is 12.9. The van der Waals surface area contributed by atoms with Crippen LogP contribution in [0.4, 0.5) is 5.69 Å². The molecule has 0 unspecified atom stereocenters. The first kappa shape index (κ1) is 22.0. The number of pyridine rings is 1. The minimum atomic E-state index is -0.460. The maximum Gasteiger partial charge on any atom is 0.339 e. The molecular weight excluding hydrogens is 400 g/mol. The molecule has 0 aliphatic heterocycles. The summed E-state index contributed by atoms with van der Waals surface area (Å²) < 4.78 is 5.52. The van der Waals surface area contributed by atoms with Crippen LogP contribution in [0.5, 0.6) is 0 Å². The Bertz CT molecular complexity index is 1150. The van der Waals surface area contributed by atoms with E-state index >= 15 is 0 Å². The van der Waals surface area contributed by atoms with Gasteiger partial charge in [0.15, 0.2) is 6.61 Å². The molecule has 32 heavy (non-hydrogen) atoms. The zero-order valence-corrected chi connectivity index (χ0v) is 19.2. The Morgan fingerprint density at radius 1 is 0.969 bits per heavy atom. The SMILES string of the molecule is CC(C)c1cccc(C(C)C)c1NC(=O)COC(=O)c1c2c(nc3ccccc13)CCC2. The molecule has 1 N–H and O–H groups in total. The maximum atomic E-state index is 13.1. The molecule has 0 saturated heterocycles. The largest absolute Gasteiger partial charge is 0.452 e. The van der Waals surface area contributed by atoms with Crippen molar-refractivity contribution in [2.24, 2.45) is 0 Å². The van der Waals surface area contributed by atoms with Crippen LogP contribution in [0.2, 0.25) is 0 Å². The number of ether oxygens (including phenoxy) is 1. The van der Waals surface area contributed by atoms with Crippen LogP contribution >= 0.6 is 0 Å². The number of fused-ring (bicyclic) bond motifs is 2. The number of esters is 1. The topological polar surface area (TPSA) is 68.3 Å². The molecule has 1 aromatic heterocycles. The van der Waals surface area contributed by atoms with Gasteiger partial charge in [-0.1, -0.05) is 64.1 Å². The summed E-state index contributed by atoms with van der Waals surface area (Å²) in [5, 5.41) is 3.79. The number of nitrogens with one attached hydrogen (secondary N) is 1. The third-order valence-corrected chi connectivity index (χ3v) is 6.10. The van der Waals surface area contributed by atoms with Crippen molar-refractivity contribution in [2.75, 3.05) is 11.9 Å². The van der Waals surface area contributed by atoms with Gasteiger partial charge < -0.3 is 10.1 Å². The van der Waals surface area contributed by atoms with Crippen molar-refractivity contribution in [3.8, 4) is 0 Å². The van der Waals surface area contributed by atoms with Crippen LogP contribution in [-0.4, -0.2) is 23.5 Å². The minimum absolute atomic E-state index is 0.261. The van der Waals surface area contributed by atoms with Crippen LogP contribution in [0.25, 0.3) is 10.9 Å². The van der Waals surface area contributed by atoms with Crippen LogP contribution in [-0.2, 0) is 22.4 Å². The lowest BCUT2D eigenvalue weighted by molar-refractivity contribution is -0.119. The van der Waals surface area contributed by atoms with E-state index in [-0.39, 0.29) is 24.3 Å². The first-order valence-corrected chi connectivity index (χ1v) is 11.4. The number of benzene rings is 2. The zero-order valence-electron chi connectivity index (χ0n) is 19.2. The number of amides is 1. The second-order valence-electron chi connectivity index (χ2n) is 9.03. The zero-order chi connectivity index (χ0) is 22.8. The number of carbonyl (C=O) groups excluding carboxylic acids is 2. The maximum absolute atomic E-state index is 13.1. The fourth-order valence-electron chi connectivity index (χ4n) is 4.52. The van der Waals surface area contributed by atoms with E-state index in [1.165, 1.54) is 0 Å². The Balaban J connectivity index is 1.55. The molecule has 0 spiro atoms. The summed E-state index contributed by atoms with van der Waals surface area (Å²) in [6, 6.07) is 13.7. The van der Waals surface area contributed by atoms with E-state index in [1.54, 1.807) is 0 Å². The average Bonchev–Trinajstić information content (AvgIpc) is 3.23. The van der Waals surface area contributed by atoms with Crippen molar-refractivity contribution < 1.29 is 14.3 Å². The predicted octanol–water partition coefficient (Wildman–Crippen LogP) is 5.77. The summed E-state index contributed by atoms with van der Waals surface area (Å²) in [7, 11) is 0. The molecule has 166 valence electrons. The van der Waals surface area contributed by atoms with Crippen LogP contribution in [0.3, 0.4) is 0 Å². The number of rotatable bonds is 6. The first-order chi connectivity index (χ1) is 15.4. The van der Waals surface area contributed by atoms with Gasteiger partial charge in [0, 0.05) is 16.8 Å². The van der Waals surface area contributed by atoms with E-state index < -0.39 is 5.97 Å². The molecule has 1 amide bonds. The number of para-hydroxylation sites is 2. The summed E-state index contributed by atoms with van der Waals surface area (Å²) in [5.74, 6) is -0.267. The van der Waals surface area contributed by atoms with Crippen molar-refractivity contribution in [1.82, 2.24) is 4.98 Å². The van der Waals surface area contributed by atoms with Gasteiger partial charge in [-0.25, -0.2) is 4.79 Å². The molecule has 0 bridgehead atoms. The van der Waals surface area contributed by atoms with Crippen LogP contribution in [0.1, 0.15) is 78.7 Å². The molecule has 1 aliphatic carbocycles. The Morgan fingerprint density at radius 3 is 2.34 bits per heavy atom. The molecule has 0 radical (unpaired) electrons. The number of hydrogen-bond acceptors (Lipinski definition) is 4. The summed E-state index contributed by atoms with van der Waals surface area (Å²) in [4.78, 5) is 30.6. The van der Waals surface area contributed by atoms with E-state index in [9.17, 15) is 9.59 Å². The molecule has 1 heterocycles. The fraction of sp³-hybridized carbons (Fsp3) is 0.370. The smallest absolute Gasteiger partial charge is 0.339 e. The highest BCUT2D eigenvalue weighted by Crippen LogP contribution is 2.33. The van der Waals surface area contributed by atoms with Gasteiger partial charge in [0.2, 0.25) is 0 Å². The number of carbonyl (C=O) groups is 2. The second-order valence-corrected chi connectivity index (χ2v) is 9.03. The van der Waals surface area contributed by atoms with Gasteiger partial charge in [-0.15, -0.1) is 0 Å². The van der Waals surface area contributed by atoms with Gasteiger partial charge in [0.05, 0.1) is 11.1 Å². The van der Waals surface area contributed by atoms with Crippen molar-refractivity contribution in [2.45, 2.75) is 58.8 Å². The van der Waals surface area contributed by atoms with E-state index in [0.717, 1.165) is 58.2 Å². The first-order valence-electron chi connectivity index (χ1n) is 11.4. The number of nitrogens with zero attached hydrogens (tertiary/aromatic N) is 1. The van der Waals surface area contributed by atoms with Crippen molar-refractivity contribution >= 4 is 28.5 Å². The fourth-order valence-corrected chi connectivity index (χ4v) is 4.52. The van der Waals surface area contributed by atoms with Crippen molar-refractivity contribution in [3.63, 3.8) is 0 Å². The molecule has 0 fully saturated rings. The standard InChI is InChI=1S/C27H30N2O3/c1-16(2)18-10-7-11-19(17(3)4)26(18)29-24(30)15-32-27(31)25-20-9-5-6-13-22(20)28-23-14-8-12-21(23)25/h5-7,9-11,13,16-17H,8,12,14-15H2,1-4H3,(H,29,30). The van der Waals surface area contributed by atoms with Gasteiger partial charge in [-0.2, -0.15) is 0 Å². The highest BCUT2D eigenvalue weighted by molar-refractivity contribution is 6.06. The predicted molar refractivity (Wildman–Crippen MR) is 127 cm³/mol. The van der Waals surface area contributed by atoms with Gasteiger partial charge in [-0.05, 0) is 53.9 Å². The Morgan fingerprint density at radius 2 is 1.66 bits per heavy atom. The molecule has 5 heteroatoms. The van der Waals surface area contributed by atoms with E-state index in [2.05, 4.69) is 33.0 Å². The van der Waals surface area contributed by atoms with Crippen molar-refractivity contribution in [3.05, 3.63) is 70.4 Å². The molecular formula is C27H30N2O3. The molecule has 4 rings (SSSR count). The molecule has 0 saturated carbocycles. The third kappa shape index (κ3) is 4.24. The minimum Gasteiger partial charge on any atom is -0.452 e. The third-order valence-electron chi connectivity index (χ3n) is 6.10. The van der Waals surface area contributed by atoms with Crippen molar-refractivity contribution in [1.29, 1.82) is 0 Å². The highest BCUT2D eigenvalue weighted by atomic mass is 16.5. The second kappa shape index (κ2) is 9.11. The summed E-state index contributed by atoms with van der Waals surface area (Å²) in [5.41, 5.74) is 6.25. The number of aromatic nitrogens is 1. The number of anilines is 1. The highest BCUT2D eigenvalue weighted by Gasteiger charge is 2.25. The lowest BCUT2D eigenvalue weighted by atomic mass is 9.92. The van der Waals surface area contributed by atoms with Crippen LogP contribution < -0.4 is 5.32 Å². The molecule has 0 atom stereocenters. The summed E-state index contributed by atoms with van der Waals surface area (Å²) in [6.07, 6.45) is 2.65. The molecule has 1 aliphatic rings. The average molecular weight is 431 g/mol. The van der Waals surface area contributed by atoms with Gasteiger partial charge in [-0.3, -0.25) is 9.78 Å². The number of hydrogen-bond donors (Lipinski definition) is 1. The van der Waals surface area contributed by atoms with E-state index in [0.29, 0.717) is 5.56 Å². The Hall–Kier alpha value is -3.21. The molecule has 2 aromatic carbocycles. The summed E-state index contributed by atoms with van der Waals surface area (Å²) in [6.45, 7) is 8.08. The quantitative estimate of drug-likeness (QED) is 0.505. The van der Waals surface area contributed by atoms with Gasteiger partial charge in [0.1, 0.15) is 0 Å². The summed E-state index contributed by atoms with van der Waals surface area (Å²) >= 11 is 0. The Labute approximate surface area is 189 Å².